The van der Waals surface area contributed by atoms with Gasteiger partial charge in [0, 0.05) is 5.02 Å². The van der Waals surface area contributed by atoms with E-state index in [1.807, 2.05) is 0 Å². The third-order valence-corrected chi connectivity index (χ3v) is 5.11. The largest absolute Gasteiger partial charge is 0.495 e. The molecule has 8 heteroatoms. The molecule has 1 amide bonds. The van der Waals surface area contributed by atoms with Crippen molar-refractivity contribution in [1.82, 2.24) is 0 Å². The number of para-hydroxylation sites is 2. The standard InChI is InChI=1S/C17H19ClN2O4S/c1-12-13(18)7-6-9-15(12)20(25(3,22)23)11-17(21)19-14-8-4-5-10-16(14)24-2/h4-10H,11H2,1-3H3,(H,19,21). The summed E-state index contributed by atoms with van der Waals surface area (Å²) in [4.78, 5) is 12.4. The third-order valence-electron chi connectivity index (χ3n) is 3.58. The minimum absolute atomic E-state index is 0.366. The van der Waals surface area contributed by atoms with Crippen LogP contribution in [0.15, 0.2) is 42.5 Å². The zero-order valence-electron chi connectivity index (χ0n) is 14.1. The van der Waals surface area contributed by atoms with Crippen molar-refractivity contribution in [3.8, 4) is 5.75 Å². The number of methoxy groups -OCH3 is 1. The van der Waals surface area contributed by atoms with E-state index in [0.717, 1.165) is 10.6 Å². The van der Waals surface area contributed by atoms with Crippen molar-refractivity contribution in [1.29, 1.82) is 0 Å². The molecule has 0 aliphatic heterocycles. The molecule has 0 aliphatic carbocycles. The Bertz CT molecular complexity index is 884. The molecule has 0 bridgehead atoms. The molecule has 1 N–H and O–H groups in total. The first-order valence-corrected chi connectivity index (χ1v) is 9.62. The van der Waals surface area contributed by atoms with Crippen molar-refractivity contribution < 1.29 is 17.9 Å². The first kappa shape index (κ1) is 19.1. The summed E-state index contributed by atoms with van der Waals surface area (Å²) in [5, 5.41) is 3.09. The van der Waals surface area contributed by atoms with E-state index in [4.69, 9.17) is 16.3 Å². The van der Waals surface area contributed by atoms with E-state index >= 15 is 0 Å². The average Bonchev–Trinajstić information content (AvgIpc) is 2.55. The Morgan fingerprint density at radius 3 is 2.52 bits per heavy atom. The molecule has 25 heavy (non-hydrogen) atoms. The highest BCUT2D eigenvalue weighted by Crippen LogP contribution is 2.28. The first-order valence-electron chi connectivity index (χ1n) is 7.39. The number of rotatable bonds is 6. The van der Waals surface area contributed by atoms with Crippen LogP contribution in [0.2, 0.25) is 5.02 Å². The van der Waals surface area contributed by atoms with Gasteiger partial charge in [-0.3, -0.25) is 9.10 Å². The van der Waals surface area contributed by atoms with E-state index in [0.29, 0.717) is 27.7 Å². The Labute approximate surface area is 152 Å². The van der Waals surface area contributed by atoms with Gasteiger partial charge in [0.2, 0.25) is 15.9 Å². The lowest BCUT2D eigenvalue weighted by atomic mass is 10.2. The van der Waals surface area contributed by atoms with Gasteiger partial charge in [-0.15, -0.1) is 0 Å². The molecule has 2 rings (SSSR count). The summed E-state index contributed by atoms with van der Waals surface area (Å²) in [6.07, 6.45) is 1.05. The molecule has 0 atom stereocenters. The summed E-state index contributed by atoms with van der Waals surface area (Å²) in [5.41, 5.74) is 1.41. The van der Waals surface area contributed by atoms with E-state index in [2.05, 4.69) is 5.32 Å². The molecule has 2 aromatic carbocycles. The molecular weight excluding hydrogens is 364 g/mol. The second kappa shape index (κ2) is 7.76. The Kier molecular flexibility index (Phi) is 5.92. The molecule has 2 aromatic rings. The predicted molar refractivity (Wildman–Crippen MR) is 100 cm³/mol. The summed E-state index contributed by atoms with van der Waals surface area (Å²) in [6.45, 7) is 1.33. The number of anilines is 2. The summed E-state index contributed by atoms with van der Waals surface area (Å²) in [5.74, 6) is -0.00464. The van der Waals surface area contributed by atoms with Crippen LogP contribution in [0, 0.1) is 6.92 Å². The Morgan fingerprint density at radius 2 is 1.88 bits per heavy atom. The van der Waals surface area contributed by atoms with E-state index in [1.165, 1.54) is 7.11 Å². The molecule has 0 aliphatic rings. The molecular formula is C17H19ClN2O4S. The average molecular weight is 383 g/mol. The fourth-order valence-electron chi connectivity index (χ4n) is 2.32. The maximum absolute atomic E-state index is 12.4. The van der Waals surface area contributed by atoms with E-state index < -0.39 is 15.9 Å². The van der Waals surface area contributed by atoms with Gasteiger partial charge in [-0.1, -0.05) is 29.8 Å². The van der Waals surface area contributed by atoms with Gasteiger partial charge in [-0.05, 0) is 36.8 Å². The summed E-state index contributed by atoms with van der Waals surface area (Å²) in [6, 6.07) is 11.8. The molecule has 6 nitrogen and oxygen atoms in total. The number of hydrogen-bond donors (Lipinski definition) is 1. The van der Waals surface area contributed by atoms with Crippen molar-refractivity contribution >= 4 is 38.9 Å². The molecule has 0 unspecified atom stereocenters. The van der Waals surface area contributed by atoms with Crippen LogP contribution in [-0.2, 0) is 14.8 Å². The molecule has 134 valence electrons. The molecule has 0 radical (unpaired) electrons. The third kappa shape index (κ3) is 4.64. The molecule has 0 fully saturated rings. The van der Waals surface area contributed by atoms with Crippen LogP contribution >= 0.6 is 11.6 Å². The van der Waals surface area contributed by atoms with E-state index in [1.54, 1.807) is 49.4 Å². The Hall–Kier alpha value is -2.25. The quantitative estimate of drug-likeness (QED) is 0.833. The van der Waals surface area contributed by atoms with Crippen LogP contribution in [0.5, 0.6) is 5.75 Å². The monoisotopic (exact) mass is 382 g/mol. The van der Waals surface area contributed by atoms with Gasteiger partial charge in [0.1, 0.15) is 12.3 Å². The minimum atomic E-state index is -3.68. The number of nitrogens with one attached hydrogen (secondary N) is 1. The van der Waals surface area contributed by atoms with Crippen LogP contribution in [0.1, 0.15) is 5.56 Å². The van der Waals surface area contributed by atoms with Gasteiger partial charge < -0.3 is 10.1 Å². The van der Waals surface area contributed by atoms with Gasteiger partial charge >= 0.3 is 0 Å². The van der Waals surface area contributed by atoms with Crippen molar-refractivity contribution in [2.75, 3.05) is 29.5 Å². The number of amides is 1. The SMILES string of the molecule is COc1ccccc1NC(=O)CN(c1cccc(Cl)c1C)S(C)(=O)=O. The highest BCUT2D eigenvalue weighted by molar-refractivity contribution is 7.92. The fourth-order valence-corrected chi connectivity index (χ4v) is 3.39. The van der Waals surface area contributed by atoms with Gasteiger partial charge in [-0.25, -0.2) is 8.42 Å². The van der Waals surface area contributed by atoms with Crippen molar-refractivity contribution in [3.05, 3.63) is 53.1 Å². The fraction of sp³-hybridized carbons (Fsp3) is 0.235. The van der Waals surface area contributed by atoms with Gasteiger partial charge in [-0.2, -0.15) is 0 Å². The highest BCUT2D eigenvalue weighted by atomic mass is 35.5. The molecule has 0 heterocycles. The number of carbonyl (C=O) groups is 1. The first-order chi connectivity index (χ1) is 11.7. The second-order valence-corrected chi connectivity index (χ2v) is 7.72. The summed E-state index contributed by atoms with van der Waals surface area (Å²) in [7, 11) is -2.19. The molecule has 0 saturated heterocycles. The normalized spacial score (nSPS) is 11.0. The lowest BCUT2D eigenvalue weighted by Gasteiger charge is -2.24. The smallest absolute Gasteiger partial charge is 0.245 e. The lowest BCUT2D eigenvalue weighted by molar-refractivity contribution is -0.114. The van der Waals surface area contributed by atoms with Crippen molar-refractivity contribution in [2.24, 2.45) is 0 Å². The number of carbonyl (C=O) groups excluding carboxylic acids is 1. The summed E-state index contributed by atoms with van der Waals surface area (Å²) < 4.78 is 30.6. The topological polar surface area (TPSA) is 75.7 Å². The molecule has 0 saturated carbocycles. The zero-order chi connectivity index (χ0) is 18.6. The Morgan fingerprint density at radius 1 is 1.20 bits per heavy atom. The number of nitrogens with zero attached hydrogens (tertiary/aromatic N) is 1. The second-order valence-electron chi connectivity index (χ2n) is 5.40. The number of ether oxygens (including phenoxy) is 1. The Balaban J connectivity index is 2.29. The minimum Gasteiger partial charge on any atom is -0.495 e. The number of sulfonamides is 1. The zero-order valence-corrected chi connectivity index (χ0v) is 15.7. The molecule has 0 aromatic heterocycles. The van der Waals surface area contributed by atoms with Crippen molar-refractivity contribution in [3.63, 3.8) is 0 Å². The number of benzene rings is 2. The van der Waals surface area contributed by atoms with E-state index in [-0.39, 0.29) is 6.54 Å². The van der Waals surface area contributed by atoms with Gasteiger partial charge in [0.25, 0.3) is 0 Å². The van der Waals surface area contributed by atoms with Crippen LogP contribution < -0.4 is 14.4 Å². The van der Waals surface area contributed by atoms with E-state index in [9.17, 15) is 13.2 Å². The highest BCUT2D eigenvalue weighted by Gasteiger charge is 2.23. The van der Waals surface area contributed by atoms with Crippen molar-refractivity contribution in [2.45, 2.75) is 6.92 Å². The maximum Gasteiger partial charge on any atom is 0.245 e. The number of hydrogen-bond acceptors (Lipinski definition) is 4. The van der Waals surface area contributed by atoms with Gasteiger partial charge in [0.15, 0.2) is 0 Å². The predicted octanol–water partition coefficient (Wildman–Crippen LogP) is 3.06. The van der Waals surface area contributed by atoms with Crippen LogP contribution in [0.25, 0.3) is 0 Å². The van der Waals surface area contributed by atoms with Crippen LogP contribution in [-0.4, -0.2) is 34.2 Å². The summed E-state index contributed by atoms with van der Waals surface area (Å²) >= 11 is 6.08. The number of halogens is 1. The van der Waals surface area contributed by atoms with Crippen LogP contribution in [0.3, 0.4) is 0 Å². The van der Waals surface area contributed by atoms with Crippen LogP contribution in [0.4, 0.5) is 11.4 Å². The molecule has 0 spiro atoms. The maximum atomic E-state index is 12.4. The lowest BCUT2D eigenvalue weighted by Crippen LogP contribution is -2.38. The van der Waals surface area contributed by atoms with Gasteiger partial charge in [0.05, 0.1) is 24.7 Å².